The van der Waals surface area contributed by atoms with Gasteiger partial charge in [-0.3, -0.25) is 3.93 Å². The fourth-order valence-corrected chi connectivity index (χ4v) is 0.367. The van der Waals surface area contributed by atoms with E-state index in [2.05, 4.69) is 28.4 Å². The third kappa shape index (κ3) is 2.44. The van der Waals surface area contributed by atoms with E-state index in [1.165, 1.54) is 3.93 Å². The number of hydrogen-bond donors (Lipinski definition) is 2. The van der Waals surface area contributed by atoms with Crippen LogP contribution in [-0.2, 0) is 0 Å². The van der Waals surface area contributed by atoms with Crippen molar-refractivity contribution in [3.05, 3.63) is 0 Å². The highest BCUT2D eigenvalue weighted by molar-refractivity contribution is 9.07. The monoisotopic (exact) mass is 197 g/mol. The summed E-state index contributed by atoms with van der Waals surface area (Å²) >= 11 is 7.62. The molecule has 1 atom stereocenters. The molecular weight excluding hydrogens is 190 g/mol. The van der Waals surface area contributed by atoms with Crippen LogP contribution in [0.3, 0.4) is 0 Å². The van der Waals surface area contributed by atoms with Crippen molar-refractivity contribution >= 4 is 33.5 Å². The molecule has 4 N–H and O–H groups in total. The normalized spacial score (nSPS) is 12.9. The van der Waals surface area contributed by atoms with Gasteiger partial charge in [-0.1, -0.05) is 0 Å². The Morgan fingerprint density at radius 1 is 1.88 bits per heavy atom. The van der Waals surface area contributed by atoms with Crippen LogP contribution in [0.5, 0.6) is 0 Å². The quantitative estimate of drug-likeness (QED) is 0.357. The zero-order valence-electron chi connectivity index (χ0n) is 4.47. The minimum Gasteiger partial charge on any atom is -0.375 e. The SMILES string of the molecule is CC(N)N(Br)C(N)=S. The average Bonchev–Trinajstić information content (AvgIpc) is 1.64. The molecule has 5 heteroatoms. The van der Waals surface area contributed by atoms with Crippen LogP contribution >= 0.6 is 28.4 Å². The zero-order chi connectivity index (χ0) is 6.73. The topological polar surface area (TPSA) is 55.3 Å². The van der Waals surface area contributed by atoms with Gasteiger partial charge in [0.05, 0.1) is 22.3 Å². The Labute approximate surface area is 62.3 Å². The molecule has 0 fully saturated rings. The summed E-state index contributed by atoms with van der Waals surface area (Å²) in [5, 5.41) is 0.250. The van der Waals surface area contributed by atoms with E-state index in [1.807, 2.05) is 0 Å². The molecule has 0 aromatic rings. The number of nitrogens with two attached hydrogens (primary N) is 2. The fraction of sp³-hybridized carbons (Fsp3) is 0.667. The lowest BCUT2D eigenvalue weighted by Gasteiger charge is -2.17. The van der Waals surface area contributed by atoms with Crippen molar-refractivity contribution in [2.75, 3.05) is 0 Å². The Kier molecular flexibility index (Phi) is 3.27. The summed E-state index contributed by atoms with van der Waals surface area (Å²) in [7, 11) is 0. The molecule has 0 rings (SSSR count). The van der Waals surface area contributed by atoms with E-state index < -0.39 is 0 Å². The van der Waals surface area contributed by atoms with Crippen LogP contribution in [0, 0.1) is 0 Å². The minimum atomic E-state index is -0.174. The predicted molar refractivity (Wildman–Crippen MR) is 41.2 cm³/mol. The van der Waals surface area contributed by atoms with Gasteiger partial charge in [-0.05, 0) is 19.1 Å². The summed E-state index contributed by atoms with van der Waals surface area (Å²) in [6.07, 6.45) is -0.174. The Hall–Kier alpha value is 0.130. The number of halogens is 1. The Morgan fingerprint density at radius 3 is 2.25 bits per heavy atom. The van der Waals surface area contributed by atoms with Crippen molar-refractivity contribution in [1.82, 2.24) is 3.93 Å². The molecule has 0 saturated carbocycles. The van der Waals surface area contributed by atoms with Gasteiger partial charge in [0, 0.05) is 0 Å². The molecule has 0 aromatic heterocycles. The zero-order valence-corrected chi connectivity index (χ0v) is 6.87. The molecule has 0 heterocycles. The van der Waals surface area contributed by atoms with Crippen molar-refractivity contribution in [3.8, 4) is 0 Å². The summed E-state index contributed by atoms with van der Waals surface area (Å²) < 4.78 is 1.43. The molecule has 0 amide bonds. The highest BCUT2D eigenvalue weighted by Crippen LogP contribution is 1.98. The van der Waals surface area contributed by atoms with Crippen molar-refractivity contribution < 1.29 is 0 Å². The number of rotatable bonds is 1. The van der Waals surface area contributed by atoms with Crippen LogP contribution < -0.4 is 11.5 Å². The molecule has 0 saturated heterocycles. The van der Waals surface area contributed by atoms with Crippen LogP contribution in [0.4, 0.5) is 0 Å². The predicted octanol–water partition coefficient (Wildman–Crippen LogP) is 0.147. The second-order valence-corrected chi connectivity index (χ2v) is 2.57. The molecule has 0 spiro atoms. The van der Waals surface area contributed by atoms with E-state index in [-0.39, 0.29) is 11.3 Å². The molecule has 1 unspecified atom stereocenters. The van der Waals surface area contributed by atoms with E-state index in [1.54, 1.807) is 6.92 Å². The minimum absolute atomic E-state index is 0.174. The molecule has 0 aromatic carbocycles. The first-order chi connectivity index (χ1) is 3.55. The van der Waals surface area contributed by atoms with E-state index in [0.29, 0.717) is 0 Å². The first kappa shape index (κ1) is 8.13. The second kappa shape index (κ2) is 3.21. The summed E-state index contributed by atoms with van der Waals surface area (Å²) in [5.74, 6) is 0. The lowest BCUT2D eigenvalue weighted by atomic mass is 10.6. The Bertz CT molecular complexity index is 94.5. The third-order valence-corrected chi connectivity index (χ3v) is 2.03. The molecule has 8 heavy (non-hydrogen) atoms. The number of nitrogens with zero attached hydrogens (tertiary/aromatic N) is 1. The second-order valence-electron chi connectivity index (χ2n) is 1.39. The van der Waals surface area contributed by atoms with Crippen molar-refractivity contribution in [1.29, 1.82) is 0 Å². The lowest BCUT2D eigenvalue weighted by Crippen LogP contribution is -2.39. The van der Waals surface area contributed by atoms with Gasteiger partial charge in [0.1, 0.15) is 0 Å². The van der Waals surface area contributed by atoms with E-state index in [4.69, 9.17) is 11.5 Å². The van der Waals surface area contributed by atoms with E-state index in [9.17, 15) is 0 Å². The van der Waals surface area contributed by atoms with Crippen LogP contribution in [0.2, 0.25) is 0 Å². The van der Waals surface area contributed by atoms with Gasteiger partial charge in [-0.15, -0.1) is 0 Å². The number of thiocarbonyl (C=S) groups is 1. The molecule has 3 nitrogen and oxygen atoms in total. The van der Waals surface area contributed by atoms with Gasteiger partial charge in [0.2, 0.25) is 0 Å². The summed E-state index contributed by atoms with van der Waals surface area (Å²) in [6, 6.07) is 0. The van der Waals surface area contributed by atoms with Crippen molar-refractivity contribution in [2.45, 2.75) is 13.1 Å². The first-order valence-electron chi connectivity index (χ1n) is 2.05. The van der Waals surface area contributed by atoms with Gasteiger partial charge in [-0.2, -0.15) is 0 Å². The standard InChI is InChI=1S/C3H8BrN3S/c1-2(5)7(4)3(6)8/h2H,5H2,1H3,(H2,6,8). The maximum Gasteiger partial charge on any atom is 0.177 e. The Balaban J connectivity index is 3.64. The molecule has 48 valence electrons. The van der Waals surface area contributed by atoms with Crippen LogP contribution in [0.15, 0.2) is 0 Å². The maximum absolute atomic E-state index is 5.35. The molecule has 0 aliphatic rings. The van der Waals surface area contributed by atoms with Gasteiger partial charge < -0.3 is 11.5 Å². The molecule has 0 radical (unpaired) electrons. The van der Waals surface area contributed by atoms with E-state index >= 15 is 0 Å². The Morgan fingerprint density at radius 2 is 2.25 bits per heavy atom. The number of hydrogen-bond acceptors (Lipinski definition) is 2. The first-order valence-corrected chi connectivity index (χ1v) is 3.17. The summed E-state index contributed by atoms with van der Waals surface area (Å²) in [4.78, 5) is 0. The highest BCUT2D eigenvalue weighted by Gasteiger charge is 2.04. The summed E-state index contributed by atoms with van der Waals surface area (Å²) in [6.45, 7) is 1.77. The maximum atomic E-state index is 5.35. The third-order valence-electron chi connectivity index (χ3n) is 0.568. The van der Waals surface area contributed by atoms with Gasteiger partial charge >= 0.3 is 0 Å². The fourth-order valence-electron chi connectivity index (χ4n) is 0.201. The highest BCUT2D eigenvalue weighted by atomic mass is 79.9. The van der Waals surface area contributed by atoms with Gasteiger partial charge in [0.25, 0.3) is 0 Å². The molecule has 0 aliphatic carbocycles. The van der Waals surface area contributed by atoms with Crippen molar-refractivity contribution in [3.63, 3.8) is 0 Å². The van der Waals surface area contributed by atoms with Crippen LogP contribution in [0.25, 0.3) is 0 Å². The molecule has 0 bridgehead atoms. The van der Waals surface area contributed by atoms with Gasteiger partial charge in [0.15, 0.2) is 5.11 Å². The van der Waals surface area contributed by atoms with Crippen LogP contribution in [-0.4, -0.2) is 15.2 Å². The van der Waals surface area contributed by atoms with Crippen molar-refractivity contribution in [2.24, 2.45) is 11.5 Å². The smallest absolute Gasteiger partial charge is 0.177 e. The van der Waals surface area contributed by atoms with Crippen LogP contribution in [0.1, 0.15) is 6.92 Å². The molecular formula is C3H8BrN3S. The van der Waals surface area contributed by atoms with Gasteiger partial charge in [-0.25, -0.2) is 0 Å². The lowest BCUT2D eigenvalue weighted by molar-refractivity contribution is 0.545. The van der Waals surface area contributed by atoms with E-state index in [0.717, 1.165) is 0 Å². The summed E-state index contributed by atoms with van der Waals surface area (Å²) in [5.41, 5.74) is 10.5. The largest absolute Gasteiger partial charge is 0.375 e. The average molecular weight is 198 g/mol. The molecule has 0 aliphatic heterocycles.